The molecular weight excluding hydrogens is 276 g/mol. The largest absolute Gasteiger partial charge is 0.492 e. The maximum atomic E-state index is 11.4. The quantitative estimate of drug-likeness (QED) is 0.494. The smallest absolute Gasteiger partial charge is 0.411 e. The van der Waals surface area contributed by atoms with E-state index in [1.165, 1.54) is 18.2 Å². The summed E-state index contributed by atoms with van der Waals surface area (Å²) in [4.78, 5) is 21.5. The van der Waals surface area contributed by atoms with Gasteiger partial charge in [0.2, 0.25) is 0 Å². The summed E-state index contributed by atoms with van der Waals surface area (Å²) in [6, 6.07) is 3.91. The minimum Gasteiger partial charge on any atom is -0.492 e. The van der Waals surface area contributed by atoms with E-state index in [0.29, 0.717) is 12.4 Å². The van der Waals surface area contributed by atoms with Crippen molar-refractivity contribution in [1.29, 1.82) is 0 Å². The molecule has 0 aliphatic rings. The van der Waals surface area contributed by atoms with Crippen molar-refractivity contribution in [3.8, 4) is 5.75 Å². The molecule has 0 saturated carbocycles. The number of ether oxygens (including phenoxy) is 2. The number of non-ortho nitro benzene ring substituents is 1. The van der Waals surface area contributed by atoms with Crippen molar-refractivity contribution in [1.82, 2.24) is 0 Å². The lowest BCUT2D eigenvalue weighted by molar-refractivity contribution is -0.384. The van der Waals surface area contributed by atoms with Crippen LogP contribution in [0.2, 0.25) is 0 Å². The fraction of sp³-hybridized carbons (Fsp3) is 0.364. The molecule has 1 rings (SSSR count). The van der Waals surface area contributed by atoms with E-state index in [2.05, 4.69) is 5.32 Å². The fourth-order valence-electron chi connectivity index (χ4n) is 1.29. The predicted molar refractivity (Wildman–Crippen MR) is 70.0 cm³/mol. The van der Waals surface area contributed by atoms with Gasteiger partial charge in [-0.25, -0.2) is 4.79 Å². The van der Waals surface area contributed by atoms with Crippen LogP contribution in [0.5, 0.6) is 5.75 Å². The third-order valence-electron chi connectivity index (χ3n) is 2.02. The molecule has 0 spiro atoms. The highest BCUT2D eigenvalue weighted by Gasteiger charge is 2.14. The standard InChI is InChI=1S/C11H13ClN2O5/c1-2-18-10-4-3-8(14(16)17)7-9(10)13-11(15)19-6-5-12/h3-4,7H,2,5-6H2,1H3,(H,13,15). The minimum atomic E-state index is -0.748. The molecule has 0 heterocycles. The van der Waals surface area contributed by atoms with Crippen LogP contribution >= 0.6 is 11.6 Å². The molecule has 0 saturated heterocycles. The molecule has 1 aromatic carbocycles. The number of nitro groups is 1. The average Bonchev–Trinajstić information content (AvgIpc) is 2.38. The molecule has 0 bridgehead atoms. The van der Waals surface area contributed by atoms with Gasteiger partial charge in [-0.15, -0.1) is 11.6 Å². The molecule has 0 unspecified atom stereocenters. The molecule has 104 valence electrons. The zero-order chi connectivity index (χ0) is 14.3. The first kappa shape index (κ1) is 15.0. The van der Waals surface area contributed by atoms with Gasteiger partial charge < -0.3 is 9.47 Å². The van der Waals surface area contributed by atoms with Gasteiger partial charge in [0.1, 0.15) is 12.4 Å². The number of rotatable bonds is 6. The number of carbonyl (C=O) groups is 1. The molecule has 0 aliphatic heterocycles. The number of carbonyl (C=O) groups excluding carboxylic acids is 1. The van der Waals surface area contributed by atoms with E-state index in [4.69, 9.17) is 21.1 Å². The van der Waals surface area contributed by atoms with Crippen LogP contribution < -0.4 is 10.1 Å². The summed E-state index contributed by atoms with van der Waals surface area (Å²) >= 11 is 5.38. The number of anilines is 1. The Labute approximate surface area is 114 Å². The highest BCUT2D eigenvalue weighted by atomic mass is 35.5. The van der Waals surface area contributed by atoms with Crippen molar-refractivity contribution in [3.63, 3.8) is 0 Å². The maximum absolute atomic E-state index is 11.4. The molecule has 1 amide bonds. The lowest BCUT2D eigenvalue weighted by Crippen LogP contribution is -2.15. The molecule has 8 heteroatoms. The van der Waals surface area contributed by atoms with E-state index >= 15 is 0 Å². The summed E-state index contributed by atoms with van der Waals surface area (Å²) in [6.45, 7) is 2.17. The van der Waals surface area contributed by atoms with Crippen LogP contribution in [0.25, 0.3) is 0 Å². The van der Waals surface area contributed by atoms with Crippen LogP contribution in [0.1, 0.15) is 6.92 Å². The van der Waals surface area contributed by atoms with Gasteiger partial charge in [-0.2, -0.15) is 0 Å². The van der Waals surface area contributed by atoms with Gasteiger partial charge in [-0.1, -0.05) is 0 Å². The van der Waals surface area contributed by atoms with Gasteiger partial charge in [-0.05, 0) is 13.0 Å². The van der Waals surface area contributed by atoms with Crippen LogP contribution in [0.15, 0.2) is 18.2 Å². The van der Waals surface area contributed by atoms with Gasteiger partial charge in [0.05, 0.1) is 23.1 Å². The first-order chi connectivity index (χ1) is 9.08. The Kier molecular flexibility index (Phi) is 5.87. The summed E-state index contributed by atoms with van der Waals surface area (Å²) in [5, 5.41) is 13.1. The number of hydrogen-bond donors (Lipinski definition) is 1. The minimum absolute atomic E-state index is 0.0479. The van der Waals surface area contributed by atoms with Crippen molar-refractivity contribution in [2.75, 3.05) is 24.4 Å². The topological polar surface area (TPSA) is 90.7 Å². The predicted octanol–water partition coefficient (Wildman–Crippen LogP) is 2.78. The molecule has 1 aromatic rings. The van der Waals surface area contributed by atoms with Gasteiger partial charge in [0.15, 0.2) is 0 Å². The van der Waals surface area contributed by atoms with Crippen molar-refractivity contribution in [2.24, 2.45) is 0 Å². The van der Waals surface area contributed by atoms with Crippen LogP contribution in [-0.2, 0) is 4.74 Å². The molecule has 0 aromatic heterocycles. The van der Waals surface area contributed by atoms with E-state index in [9.17, 15) is 14.9 Å². The summed E-state index contributed by atoms with van der Waals surface area (Å²) in [7, 11) is 0. The Morgan fingerprint density at radius 1 is 1.53 bits per heavy atom. The maximum Gasteiger partial charge on any atom is 0.411 e. The van der Waals surface area contributed by atoms with Crippen molar-refractivity contribution < 1.29 is 19.2 Å². The molecule has 0 fully saturated rings. The number of alkyl halides is 1. The van der Waals surface area contributed by atoms with Crippen LogP contribution in [0.4, 0.5) is 16.2 Å². The van der Waals surface area contributed by atoms with Crippen molar-refractivity contribution >= 4 is 29.1 Å². The molecule has 1 N–H and O–H groups in total. The van der Waals surface area contributed by atoms with Crippen LogP contribution in [-0.4, -0.2) is 30.1 Å². The highest BCUT2D eigenvalue weighted by molar-refractivity contribution is 6.18. The van der Waals surface area contributed by atoms with Gasteiger partial charge in [0, 0.05) is 12.1 Å². The zero-order valence-electron chi connectivity index (χ0n) is 10.2. The number of nitro benzene ring substituents is 1. The Morgan fingerprint density at radius 2 is 2.26 bits per heavy atom. The van der Waals surface area contributed by atoms with E-state index in [1.54, 1.807) is 6.92 Å². The normalized spacial score (nSPS) is 9.79. The Morgan fingerprint density at radius 3 is 2.84 bits per heavy atom. The Balaban J connectivity index is 2.90. The van der Waals surface area contributed by atoms with E-state index in [1.807, 2.05) is 0 Å². The molecule has 0 atom stereocenters. The molecule has 7 nitrogen and oxygen atoms in total. The monoisotopic (exact) mass is 288 g/mol. The number of nitrogens with zero attached hydrogens (tertiary/aromatic N) is 1. The summed E-state index contributed by atoms with van der Waals surface area (Å²) in [6.07, 6.45) is -0.748. The number of hydrogen-bond acceptors (Lipinski definition) is 5. The summed E-state index contributed by atoms with van der Waals surface area (Å²) in [5.74, 6) is 0.497. The third kappa shape index (κ3) is 4.63. The van der Waals surface area contributed by atoms with Crippen molar-refractivity contribution in [2.45, 2.75) is 6.92 Å². The molecule has 0 radical (unpaired) electrons. The van der Waals surface area contributed by atoms with E-state index in [-0.39, 0.29) is 23.9 Å². The van der Waals surface area contributed by atoms with Crippen LogP contribution in [0.3, 0.4) is 0 Å². The Hall–Kier alpha value is -2.02. The fourth-order valence-corrected chi connectivity index (χ4v) is 1.37. The SMILES string of the molecule is CCOc1ccc([N+](=O)[O-])cc1NC(=O)OCCCl. The van der Waals surface area contributed by atoms with Crippen molar-refractivity contribution in [3.05, 3.63) is 28.3 Å². The van der Waals surface area contributed by atoms with Crippen LogP contribution in [0, 0.1) is 10.1 Å². The van der Waals surface area contributed by atoms with Gasteiger partial charge in [0.25, 0.3) is 5.69 Å². The van der Waals surface area contributed by atoms with Gasteiger partial charge >= 0.3 is 6.09 Å². The van der Waals surface area contributed by atoms with E-state index < -0.39 is 11.0 Å². The molecule has 19 heavy (non-hydrogen) atoms. The number of halogens is 1. The number of nitrogens with one attached hydrogen (secondary N) is 1. The number of benzene rings is 1. The second-order valence-corrected chi connectivity index (χ2v) is 3.70. The Bertz CT molecular complexity index is 466. The summed E-state index contributed by atoms with van der Waals surface area (Å²) < 4.78 is 9.98. The summed E-state index contributed by atoms with van der Waals surface area (Å²) in [5.41, 5.74) is 0.0201. The molecule has 0 aliphatic carbocycles. The second-order valence-electron chi connectivity index (χ2n) is 3.32. The second kappa shape index (κ2) is 7.42. The first-order valence-electron chi connectivity index (χ1n) is 5.49. The van der Waals surface area contributed by atoms with Gasteiger partial charge in [-0.3, -0.25) is 15.4 Å². The first-order valence-corrected chi connectivity index (χ1v) is 6.03. The van der Waals surface area contributed by atoms with E-state index in [0.717, 1.165) is 0 Å². The highest BCUT2D eigenvalue weighted by Crippen LogP contribution is 2.29. The lowest BCUT2D eigenvalue weighted by atomic mass is 10.2. The zero-order valence-corrected chi connectivity index (χ0v) is 11.0. The average molecular weight is 289 g/mol. The lowest BCUT2D eigenvalue weighted by Gasteiger charge is -2.11. The third-order valence-corrected chi connectivity index (χ3v) is 2.18. The number of amides is 1. The molecular formula is C11H13ClN2O5.